The first kappa shape index (κ1) is 15.9. The number of benzene rings is 1. The Morgan fingerprint density at radius 3 is 2.75 bits per heavy atom. The number of aromatic nitrogens is 2. The highest BCUT2D eigenvalue weighted by Crippen LogP contribution is 2.28. The Balaban J connectivity index is 1.83. The van der Waals surface area contributed by atoms with Crippen molar-refractivity contribution in [1.29, 1.82) is 0 Å². The first-order chi connectivity index (χ1) is 11.5. The van der Waals surface area contributed by atoms with Gasteiger partial charge in [0.05, 0.1) is 5.39 Å². The zero-order chi connectivity index (χ0) is 17.1. The summed E-state index contributed by atoms with van der Waals surface area (Å²) in [5, 5.41) is 10.7. The van der Waals surface area contributed by atoms with E-state index in [0.717, 1.165) is 22.0 Å². The van der Waals surface area contributed by atoms with E-state index in [2.05, 4.69) is 9.97 Å². The quantitative estimate of drug-likeness (QED) is 0.749. The molecule has 0 spiro atoms. The summed E-state index contributed by atoms with van der Waals surface area (Å²) in [5.74, 6) is 0.0947. The van der Waals surface area contributed by atoms with Crippen molar-refractivity contribution in [2.75, 3.05) is 0 Å². The molecule has 24 heavy (non-hydrogen) atoms. The highest BCUT2D eigenvalue weighted by Gasteiger charge is 2.12. The molecule has 0 unspecified atom stereocenters. The maximum absolute atomic E-state index is 10.8. The minimum absolute atomic E-state index is 0.269. The van der Waals surface area contributed by atoms with Crippen LogP contribution in [0.5, 0.6) is 11.6 Å². The number of rotatable bonds is 5. The lowest BCUT2D eigenvalue weighted by Gasteiger charge is -2.10. The number of carboxylic acids is 1. The van der Waals surface area contributed by atoms with E-state index in [0.29, 0.717) is 11.6 Å². The van der Waals surface area contributed by atoms with Crippen molar-refractivity contribution in [2.45, 2.75) is 19.4 Å². The van der Waals surface area contributed by atoms with Crippen LogP contribution >= 0.6 is 0 Å². The molecule has 6 heteroatoms. The number of nitrogens with two attached hydrogens (primary N) is 1. The lowest BCUT2D eigenvalue weighted by Crippen LogP contribution is -2.32. The number of aliphatic carboxylic acids is 1. The van der Waals surface area contributed by atoms with Gasteiger partial charge in [-0.3, -0.25) is 9.78 Å². The molecule has 1 aromatic carbocycles. The molecular weight excluding hydrogens is 306 g/mol. The standard InChI is InChI=1S/C18H17N3O3/c1-11-8-13-6-7-20-10-15(13)17(21-11)24-14-4-2-12(3-5-14)9-16(19)18(22)23/h2-8,10,16H,9,19H2,1H3,(H,22,23)/t16-/m0/s1. The predicted molar refractivity (Wildman–Crippen MR) is 90.1 cm³/mol. The number of nitrogens with zero attached hydrogens (tertiary/aromatic N) is 2. The van der Waals surface area contributed by atoms with Gasteiger partial charge < -0.3 is 15.6 Å². The summed E-state index contributed by atoms with van der Waals surface area (Å²) >= 11 is 0. The number of aryl methyl sites for hydroxylation is 1. The van der Waals surface area contributed by atoms with E-state index in [1.54, 1.807) is 36.7 Å². The summed E-state index contributed by atoms with van der Waals surface area (Å²) in [6.45, 7) is 1.91. The molecule has 0 saturated carbocycles. The lowest BCUT2D eigenvalue weighted by molar-refractivity contribution is -0.138. The van der Waals surface area contributed by atoms with Crippen LogP contribution in [0.1, 0.15) is 11.3 Å². The van der Waals surface area contributed by atoms with Crippen molar-refractivity contribution in [3.05, 3.63) is 60.0 Å². The minimum atomic E-state index is -1.02. The van der Waals surface area contributed by atoms with Gasteiger partial charge in [-0.2, -0.15) is 0 Å². The van der Waals surface area contributed by atoms with Crippen molar-refractivity contribution in [3.63, 3.8) is 0 Å². The van der Waals surface area contributed by atoms with Gasteiger partial charge in [0.15, 0.2) is 0 Å². The van der Waals surface area contributed by atoms with Gasteiger partial charge in [0.25, 0.3) is 0 Å². The molecular formula is C18H17N3O3. The van der Waals surface area contributed by atoms with Crippen LogP contribution in [0.4, 0.5) is 0 Å². The van der Waals surface area contributed by atoms with E-state index in [9.17, 15) is 4.79 Å². The molecule has 0 bridgehead atoms. The van der Waals surface area contributed by atoms with Gasteiger partial charge >= 0.3 is 5.97 Å². The zero-order valence-electron chi connectivity index (χ0n) is 13.1. The van der Waals surface area contributed by atoms with Crippen LogP contribution in [0.15, 0.2) is 48.8 Å². The molecule has 0 aliphatic heterocycles. The summed E-state index contributed by atoms with van der Waals surface area (Å²) in [6, 6.07) is 10.1. The largest absolute Gasteiger partial charge is 0.480 e. The fourth-order valence-electron chi connectivity index (χ4n) is 2.41. The predicted octanol–water partition coefficient (Wildman–Crippen LogP) is 2.68. The van der Waals surface area contributed by atoms with Crippen molar-refractivity contribution >= 4 is 16.7 Å². The van der Waals surface area contributed by atoms with Gasteiger partial charge in [0.1, 0.15) is 11.8 Å². The molecule has 0 fully saturated rings. The van der Waals surface area contributed by atoms with Gasteiger partial charge in [0.2, 0.25) is 5.88 Å². The van der Waals surface area contributed by atoms with Crippen molar-refractivity contribution in [1.82, 2.24) is 9.97 Å². The SMILES string of the molecule is Cc1cc2ccncc2c(Oc2ccc(C[C@H](N)C(=O)O)cc2)n1. The maximum atomic E-state index is 10.8. The Labute approximate surface area is 138 Å². The molecule has 0 radical (unpaired) electrons. The van der Waals surface area contributed by atoms with Crippen LogP contribution in [0.3, 0.4) is 0 Å². The van der Waals surface area contributed by atoms with Gasteiger partial charge in [0, 0.05) is 18.1 Å². The monoisotopic (exact) mass is 323 g/mol. The molecule has 2 aromatic heterocycles. The van der Waals surface area contributed by atoms with Gasteiger partial charge in [-0.1, -0.05) is 12.1 Å². The number of ether oxygens (including phenoxy) is 1. The van der Waals surface area contributed by atoms with Crippen LogP contribution in [-0.4, -0.2) is 27.1 Å². The highest BCUT2D eigenvalue weighted by atomic mass is 16.5. The molecule has 2 heterocycles. The Bertz CT molecular complexity index is 878. The number of pyridine rings is 2. The Kier molecular flexibility index (Phi) is 4.39. The second-order valence-corrected chi connectivity index (χ2v) is 5.56. The lowest BCUT2D eigenvalue weighted by atomic mass is 10.1. The topological polar surface area (TPSA) is 98.3 Å². The third-order valence-corrected chi connectivity index (χ3v) is 3.64. The molecule has 3 aromatic rings. The van der Waals surface area contributed by atoms with E-state index >= 15 is 0 Å². The number of hydrogen-bond acceptors (Lipinski definition) is 5. The van der Waals surface area contributed by atoms with Crippen LogP contribution in [0.2, 0.25) is 0 Å². The summed E-state index contributed by atoms with van der Waals surface area (Å²) < 4.78 is 5.88. The first-order valence-corrected chi connectivity index (χ1v) is 7.49. The van der Waals surface area contributed by atoms with E-state index < -0.39 is 12.0 Å². The second-order valence-electron chi connectivity index (χ2n) is 5.56. The molecule has 0 amide bonds. The summed E-state index contributed by atoms with van der Waals surface area (Å²) in [7, 11) is 0. The van der Waals surface area contributed by atoms with Crippen LogP contribution in [-0.2, 0) is 11.2 Å². The number of carboxylic acid groups (broad SMARTS) is 1. The third-order valence-electron chi connectivity index (χ3n) is 3.64. The van der Waals surface area contributed by atoms with E-state index in [1.807, 2.05) is 19.1 Å². The van der Waals surface area contributed by atoms with Crippen molar-refractivity contribution in [3.8, 4) is 11.6 Å². The van der Waals surface area contributed by atoms with E-state index in [4.69, 9.17) is 15.6 Å². The van der Waals surface area contributed by atoms with E-state index in [1.165, 1.54) is 0 Å². The summed E-state index contributed by atoms with van der Waals surface area (Å²) in [6.07, 6.45) is 3.72. The minimum Gasteiger partial charge on any atom is -0.480 e. The molecule has 1 atom stereocenters. The van der Waals surface area contributed by atoms with Crippen molar-refractivity contribution < 1.29 is 14.6 Å². The van der Waals surface area contributed by atoms with Crippen LogP contribution in [0.25, 0.3) is 10.8 Å². The van der Waals surface area contributed by atoms with Gasteiger partial charge in [-0.15, -0.1) is 0 Å². The summed E-state index contributed by atoms with van der Waals surface area (Å²) in [4.78, 5) is 19.4. The fourth-order valence-corrected chi connectivity index (χ4v) is 2.41. The molecule has 6 nitrogen and oxygen atoms in total. The Morgan fingerprint density at radius 1 is 1.29 bits per heavy atom. The van der Waals surface area contributed by atoms with E-state index in [-0.39, 0.29) is 6.42 Å². The van der Waals surface area contributed by atoms with Gasteiger partial charge in [-0.05, 0) is 48.6 Å². The molecule has 0 aliphatic carbocycles. The smallest absolute Gasteiger partial charge is 0.320 e. The number of fused-ring (bicyclic) bond motifs is 1. The second kappa shape index (κ2) is 6.64. The fraction of sp³-hybridized carbons (Fsp3) is 0.167. The zero-order valence-corrected chi connectivity index (χ0v) is 13.1. The van der Waals surface area contributed by atoms with Crippen LogP contribution in [0, 0.1) is 6.92 Å². The molecule has 3 N–H and O–H groups in total. The Morgan fingerprint density at radius 2 is 2.04 bits per heavy atom. The first-order valence-electron chi connectivity index (χ1n) is 7.49. The molecule has 0 aliphatic rings. The highest BCUT2D eigenvalue weighted by molar-refractivity contribution is 5.86. The normalized spacial score (nSPS) is 12.1. The molecule has 122 valence electrons. The third kappa shape index (κ3) is 3.49. The molecule has 3 rings (SSSR count). The Hall–Kier alpha value is -2.99. The number of hydrogen-bond donors (Lipinski definition) is 2. The van der Waals surface area contributed by atoms with Gasteiger partial charge in [-0.25, -0.2) is 4.98 Å². The maximum Gasteiger partial charge on any atom is 0.320 e. The average Bonchev–Trinajstić information content (AvgIpc) is 2.56. The van der Waals surface area contributed by atoms with Crippen LogP contribution < -0.4 is 10.5 Å². The number of carbonyl (C=O) groups is 1. The molecule has 0 saturated heterocycles. The average molecular weight is 323 g/mol. The summed E-state index contributed by atoms with van der Waals surface area (Å²) in [5.41, 5.74) is 7.23. The van der Waals surface area contributed by atoms with Crippen molar-refractivity contribution in [2.24, 2.45) is 5.73 Å².